The highest BCUT2D eigenvalue weighted by molar-refractivity contribution is 5.81. The Kier molecular flexibility index (Phi) is 5.41. The minimum Gasteiger partial charge on any atom is -0.466 e. The Morgan fingerprint density at radius 2 is 2.09 bits per heavy atom. The molecular weight excluding hydrogens is 306 g/mol. The maximum absolute atomic E-state index is 11.1. The van der Waals surface area contributed by atoms with Crippen molar-refractivity contribution in [3.8, 4) is 0 Å². The Balaban J connectivity index is 2.08. The predicted octanol–water partition coefficient (Wildman–Crippen LogP) is 1.22. The molecule has 0 aromatic rings. The van der Waals surface area contributed by atoms with Crippen LogP contribution in [0.5, 0.6) is 0 Å². The number of oxime groups is 1. The lowest BCUT2D eigenvalue weighted by molar-refractivity contribution is -0.231. The predicted molar refractivity (Wildman–Crippen MR) is 79.1 cm³/mol. The van der Waals surface area contributed by atoms with Gasteiger partial charge in [-0.05, 0) is 20.8 Å². The van der Waals surface area contributed by atoms with Crippen LogP contribution < -0.4 is 0 Å². The van der Waals surface area contributed by atoms with Crippen LogP contribution in [0.15, 0.2) is 17.3 Å². The highest BCUT2D eigenvalue weighted by Gasteiger charge is 2.61. The summed E-state index contributed by atoms with van der Waals surface area (Å²) in [6.45, 7) is 5.63. The molecule has 2 saturated heterocycles. The van der Waals surface area contributed by atoms with Gasteiger partial charge in [0.1, 0.15) is 11.7 Å². The number of carbonyl (C=O) groups is 1. The SMILES string of the molecule is COC(=O)/C=C/CO[C@]1(C)[C@@H](C/C=N/O)O[C@@H]2OC(C)(C)O[C@@H]21. The van der Waals surface area contributed by atoms with Crippen LogP contribution in [0.1, 0.15) is 27.2 Å². The van der Waals surface area contributed by atoms with Gasteiger partial charge < -0.3 is 28.9 Å². The molecule has 4 atom stereocenters. The topological polar surface area (TPSA) is 95.8 Å². The van der Waals surface area contributed by atoms with Crippen LogP contribution in [0.4, 0.5) is 0 Å². The number of esters is 1. The summed E-state index contributed by atoms with van der Waals surface area (Å²) in [6.07, 6.45) is 3.13. The van der Waals surface area contributed by atoms with Gasteiger partial charge >= 0.3 is 5.97 Å². The molecule has 0 saturated carbocycles. The van der Waals surface area contributed by atoms with Gasteiger partial charge in [-0.1, -0.05) is 6.08 Å². The van der Waals surface area contributed by atoms with Crippen molar-refractivity contribution in [2.24, 2.45) is 5.16 Å². The molecule has 23 heavy (non-hydrogen) atoms. The number of carbonyl (C=O) groups excluding carboxylic acids is 1. The summed E-state index contributed by atoms with van der Waals surface area (Å²) < 4.78 is 27.9. The molecule has 1 N–H and O–H groups in total. The zero-order valence-electron chi connectivity index (χ0n) is 13.7. The average Bonchev–Trinajstić information content (AvgIpc) is 2.93. The Morgan fingerprint density at radius 1 is 1.35 bits per heavy atom. The lowest BCUT2D eigenvalue weighted by Gasteiger charge is -2.34. The van der Waals surface area contributed by atoms with E-state index in [4.69, 9.17) is 24.2 Å². The average molecular weight is 329 g/mol. The van der Waals surface area contributed by atoms with E-state index < -0.39 is 35.9 Å². The number of methoxy groups -OCH3 is 1. The van der Waals surface area contributed by atoms with Crippen LogP contribution in [0.2, 0.25) is 0 Å². The van der Waals surface area contributed by atoms with Crippen LogP contribution in [0.3, 0.4) is 0 Å². The summed E-state index contributed by atoms with van der Waals surface area (Å²) in [4.78, 5) is 11.1. The first-order valence-electron chi connectivity index (χ1n) is 7.38. The van der Waals surface area contributed by atoms with Crippen molar-refractivity contribution in [2.75, 3.05) is 13.7 Å². The normalized spacial score (nSPS) is 35.9. The second-order valence-corrected chi connectivity index (χ2v) is 6.00. The first-order chi connectivity index (χ1) is 10.8. The first-order valence-corrected chi connectivity index (χ1v) is 7.38. The maximum Gasteiger partial charge on any atom is 0.330 e. The molecule has 2 heterocycles. The Hall–Kier alpha value is -1.48. The number of hydrogen-bond acceptors (Lipinski definition) is 8. The molecular formula is C15H23NO7. The van der Waals surface area contributed by atoms with Gasteiger partial charge in [0.15, 0.2) is 12.1 Å². The largest absolute Gasteiger partial charge is 0.466 e. The summed E-state index contributed by atoms with van der Waals surface area (Å²) in [5, 5.41) is 11.6. The molecule has 0 aromatic carbocycles. The van der Waals surface area contributed by atoms with E-state index in [1.807, 2.05) is 6.92 Å². The summed E-state index contributed by atoms with van der Waals surface area (Å²) in [5.74, 6) is -1.22. The molecule has 0 amide bonds. The molecule has 8 nitrogen and oxygen atoms in total. The third kappa shape index (κ3) is 3.89. The molecule has 2 fully saturated rings. The molecule has 0 radical (unpaired) electrons. The fourth-order valence-corrected chi connectivity index (χ4v) is 2.74. The second-order valence-electron chi connectivity index (χ2n) is 6.00. The maximum atomic E-state index is 11.1. The first kappa shape index (κ1) is 17.9. The van der Waals surface area contributed by atoms with Crippen LogP contribution in [-0.4, -0.2) is 61.0 Å². The van der Waals surface area contributed by atoms with E-state index in [1.165, 1.54) is 19.4 Å². The Labute approximate surface area is 135 Å². The third-order valence-corrected chi connectivity index (χ3v) is 3.91. The van der Waals surface area contributed by atoms with Crippen LogP contribution in [0.25, 0.3) is 0 Å². The number of nitrogens with zero attached hydrogens (tertiary/aromatic N) is 1. The smallest absolute Gasteiger partial charge is 0.330 e. The number of rotatable bonds is 6. The quantitative estimate of drug-likeness (QED) is 0.257. The van der Waals surface area contributed by atoms with E-state index in [2.05, 4.69) is 9.89 Å². The third-order valence-electron chi connectivity index (χ3n) is 3.91. The molecule has 0 unspecified atom stereocenters. The molecule has 0 aliphatic carbocycles. The molecule has 2 rings (SSSR count). The molecule has 0 aromatic heterocycles. The zero-order chi connectivity index (χ0) is 17.1. The lowest BCUT2D eigenvalue weighted by Crippen LogP contribution is -2.49. The van der Waals surface area contributed by atoms with Crippen LogP contribution >= 0.6 is 0 Å². The van der Waals surface area contributed by atoms with Crippen molar-refractivity contribution >= 4 is 12.2 Å². The molecule has 0 spiro atoms. The van der Waals surface area contributed by atoms with Gasteiger partial charge in [-0.2, -0.15) is 0 Å². The summed E-state index contributed by atoms with van der Waals surface area (Å²) in [7, 11) is 1.31. The van der Waals surface area contributed by atoms with E-state index in [9.17, 15) is 4.79 Å². The van der Waals surface area contributed by atoms with Crippen LogP contribution in [0, 0.1) is 0 Å². The van der Waals surface area contributed by atoms with Crippen molar-refractivity contribution in [2.45, 2.75) is 57.1 Å². The Morgan fingerprint density at radius 3 is 2.74 bits per heavy atom. The molecule has 2 aliphatic rings. The number of fused-ring (bicyclic) bond motifs is 1. The van der Waals surface area contributed by atoms with E-state index in [1.54, 1.807) is 19.9 Å². The van der Waals surface area contributed by atoms with E-state index in [0.717, 1.165) is 0 Å². The van der Waals surface area contributed by atoms with Gasteiger partial charge in [0, 0.05) is 18.7 Å². The van der Waals surface area contributed by atoms with Crippen molar-refractivity contribution in [3.63, 3.8) is 0 Å². The van der Waals surface area contributed by atoms with Gasteiger partial charge in [-0.25, -0.2) is 4.79 Å². The molecule has 2 aliphatic heterocycles. The Bertz CT molecular complexity index is 490. The molecule has 130 valence electrons. The number of hydrogen-bond donors (Lipinski definition) is 1. The van der Waals surface area contributed by atoms with Crippen molar-refractivity contribution < 1.29 is 33.7 Å². The molecule has 0 bridgehead atoms. The lowest BCUT2D eigenvalue weighted by atomic mass is 9.92. The van der Waals surface area contributed by atoms with Gasteiger partial charge in [-0.15, -0.1) is 5.16 Å². The summed E-state index contributed by atoms with van der Waals surface area (Å²) in [6, 6.07) is 0. The van der Waals surface area contributed by atoms with E-state index >= 15 is 0 Å². The fraction of sp³-hybridized carbons (Fsp3) is 0.733. The second kappa shape index (κ2) is 6.96. The summed E-state index contributed by atoms with van der Waals surface area (Å²) >= 11 is 0. The zero-order valence-corrected chi connectivity index (χ0v) is 13.7. The van der Waals surface area contributed by atoms with E-state index in [-0.39, 0.29) is 6.61 Å². The highest BCUT2D eigenvalue weighted by Crippen LogP contribution is 2.45. The monoisotopic (exact) mass is 329 g/mol. The van der Waals surface area contributed by atoms with Crippen molar-refractivity contribution in [1.82, 2.24) is 0 Å². The minimum absolute atomic E-state index is 0.175. The van der Waals surface area contributed by atoms with Gasteiger partial charge in [0.2, 0.25) is 0 Å². The van der Waals surface area contributed by atoms with Gasteiger partial charge in [0.25, 0.3) is 0 Å². The number of ether oxygens (including phenoxy) is 5. The van der Waals surface area contributed by atoms with Crippen molar-refractivity contribution in [3.05, 3.63) is 12.2 Å². The van der Waals surface area contributed by atoms with Gasteiger partial charge in [-0.3, -0.25) is 0 Å². The highest BCUT2D eigenvalue weighted by atomic mass is 16.8. The minimum atomic E-state index is -0.819. The molecule has 8 heteroatoms. The van der Waals surface area contributed by atoms with Gasteiger partial charge in [0.05, 0.1) is 19.8 Å². The van der Waals surface area contributed by atoms with Crippen LogP contribution in [-0.2, 0) is 28.5 Å². The van der Waals surface area contributed by atoms with Crippen molar-refractivity contribution in [1.29, 1.82) is 0 Å². The summed E-state index contributed by atoms with van der Waals surface area (Å²) in [5.41, 5.74) is -0.819. The standard InChI is InChI=1S/C15H23NO7/c1-14(2)22-12-13(23-14)21-10(7-8-16-18)15(12,3)20-9-5-6-11(17)19-4/h5-6,8,10,12-13,18H,7,9H2,1-4H3/b6-5+,16-8+/t10-,12+,13-,15-/m1/s1. The fourth-order valence-electron chi connectivity index (χ4n) is 2.74. The van der Waals surface area contributed by atoms with E-state index in [0.29, 0.717) is 6.42 Å².